The molecule has 2 heterocycles. The molecule has 1 atom stereocenters. The van der Waals surface area contributed by atoms with E-state index in [4.69, 9.17) is 9.51 Å². The zero-order valence-electron chi connectivity index (χ0n) is 15.9. The summed E-state index contributed by atoms with van der Waals surface area (Å²) in [5, 5.41) is 5.27. The highest BCUT2D eigenvalue weighted by Gasteiger charge is 2.21. The topological polar surface area (TPSA) is 73.8 Å². The van der Waals surface area contributed by atoms with Crippen LogP contribution in [-0.4, -0.2) is 19.7 Å². The SMILES string of the molecule is CC(C)n1c(S[C@@H](C)c2noc(-c3ccccc3)n2)nc2ccccc2c1=O. The lowest BCUT2D eigenvalue weighted by Gasteiger charge is -2.17. The average molecular weight is 392 g/mol. The van der Waals surface area contributed by atoms with Crippen LogP contribution in [0.15, 0.2) is 69.1 Å². The molecular formula is C21H20N4O2S. The van der Waals surface area contributed by atoms with Gasteiger partial charge in [0.15, 0.2) is 11.0 Å². The smallest absolute Gasteiger partial charge is 0.262 e. The predicted molar refractivity (Wildman–Crippen MR) is 110 cm³/mol. The van der Waals surface area contributed by atoms with Crippen LogP contribution in [0.25, 0.3) is 22.4 Å². The molecule has 0 saturated carbocycles. The third-order valence-electron chi connectivity index (χ3n) is 4.40. The molecule has 0 aliphatic heterocycles. The zero-order chi connectivity index (χ0) is 19.7. The molecule has 0 saturated heterocycles. The molecule has 142 valence electrons. The average Bonchev–Trinajstić information content (AvgIpc) is 3.19. The number of benzene rings is 2. The lowest BCUT2D eigenvalue weighted by molar-refractivity contribution is 0.422. The quantitative estimate of drug-likeness (QED) is 0.356. The van der Waals surface area contributed by atoms with Crippen LogP contribution in [0.5, 0.6) is 0 Å². The van der Waals surface area contributed by atoms with E-state index < -0.39 is 0 Å². The molecule has 0 unspecified atom stereocenters. The highest BCUT2D eigenvalue weighted by atomic mass is 32.2. The van der Waals surface area contributed by atoms with Crippen LogP contribution in [0.3, 0.4) is 0 Å². The van der Waals surface area contributed by atoms with Gasteiger partial charge in [-0.2, -0.15) is 4.98 Å². The maximum atomic E-state index is 13.0. The van der Waals surface area contributed by atoms with Gasteiger partial charge in [0, 0.05) is 11.6 Å². The number of rotatable bonds is 5. The number of fused-ring (bicyclic) bond motifs is 1. The number of thioether (sulfide) groups is 1. The van der Waals surface area contributed by atoms with Crippen molar-refractivity contribution in [2.45, 2.75) is 37.2 Å². The van der Waals surface area contributed by atoms with Crippen molar-refractivity contribution in [3.8, 4) is 11.5 Å². The van der Waals surface area contributed by atoms with Gasteiger partial charge in [-0.1, -0.05) is 47.3 Å². The molecule has 7 heteroatoms. The van der Waals surface area contributed by atoms with Crippen molar-refractivity contribution in [2.75, 3.05) is 0 Å². The highest BCUT2D eigenvalue weighted by Crippen LogP contribution is 2.34. The number of hydrogen-bond donors (Lipinski definition) is 0. The van der Waals surface area contributed by atoms with E-state index in [0.717, 1.165) is 5.56 Å². The Labute approximate surface area is 166 Å². The molecule has 4 rings (SSSR count). The Hall–Kier alpha value is -2.93. The molecular weight excluding hydrogens is 372 g/mol. The van der Waals surface area contributed by atoms with Crippen molar-refractivity contribution in [1.82, 2.24) is 19.7 Å². The van der Waals surface area contributed by atoms with Crippen LogP contribution in [0.4, 0.5) is 0 Å². The van der Waals surface area contributed by atoms with Crippen LogP contribution >= 0.6 is 11.8 Å². The third kappa shape index (κ3) is 3.45. The highest BCUT2D eigenvalue weighted by molar-refractivity contribution is 7.99. The van der Waals surface area contributed by atoms with Gasteiger partial charge in [0.1, 0.15) is 0 Å². The third-order valence-corrected chi connectivity index (χ3v) is 5.46. The second kappa shape index (κ2) is 7.59. The van der Waals surface area contributed by atoms with Crippen molar-refractivity contribution in [3.63, 3.8) is 0 Å². The molecule has 0 N–H and O–H groups in total. The minimum atomic E-state index is -0.126. The first-order valence-corrected chi connectivity index (χ1v) is 9.99. The van der Waals surface area contributed by atoms with Gasteiger partial charge in [0.2, 0.25) is 0 Å². The normalized spacial score (nSPS) is 12.6. The van der Waals surface area contributed by atoms with Crippen LogP contribution < -0.4 is 5.56 Å². The second-order valence-corrected chi connectivity index (χ2v) is 8.07. The summed E-state index contributed by atoms with van der Waals surface area (Å²) in [5.74, 6) is 1.05. The van der Waals surface area contributed by atoms with E-state index >= 15 is 0 Å². The van der Waals surface area contributed by atoms with Gasteiger partial charge in [-0.25, -0.2) is 4.98 Å². The molecule has 6 nitrogen and oxygen atoms in total. The molecule has 4 aromatic rings. The van der Waals surface area contributed by atoms with E-state index in [-0.39, 0.29) is 16.9 Å². The molecule has 0 spiro atoms. The van der Waals surface area contributed by atoms with E-state index in [0.29, 0.717) is 27.8 Å². The predicted octanol–water partition coefficient (Wildman–Crippen LogP) is 4.88. The summed E-state index contributed by atoms with van der Waals surface area (Å²) in [6.45, 7) is 5.94. The summed E-state index contributed by atoms with van der Waals surface area (Å²) in [4.78, 5) is 22.2. The van der Waals surface area contributed by atoms with Crippen molar-refractivity contribution < 1.29 is 4.52 Å². The zero-order valence-corrected chi connectivity index (χ0v) is 16.7. The van der Waals surface area contributed by atoms with Crippen LogP contribution in [0.1, 0.15) is 37.9 Å². The monoisotopic (exact) mass is 392 g/mol. The standard InChI is InChI=1S/C21H20N4O2S/c1-13(2)25-20(26)16-11-7-8-12-17(16)22-21(25)28-14(3)18-23-19(27-24-18)15-9-5-4-6-10-15/h4-14H,1-3H3/t14-/m0/s1. The van der Waals surface area contributed by atoms with Gasteiger partial charge < -0.3 is 4.52 Å². The molecule has 2 aromatic carbocycles. The minimum absolute atomic E-state index is 0.00976. The molecule has 0 aliphatic carbocycles. The summed E-state index contributed by atoms with van der Waals surface area (Å²) < 4.78 is 7.14. The summed E-state index contributed by atoms with van der Waals surface area (Å²) in [5.41, 5.74) is 1.53. The van der Waals surface area contributed by atoms with E-state index in [1.807, 2.05) is 75.4 Å². The van der Waals surface area contributed by atoms with Gasteiger partial charge in [0.25, 0.3) is 11.4 Å². The van der Waals surface area contributed by atoms with Gasteiger partial charge >= 0.3 is 0 Å². The number of hydrogen-bond acceptors (Lipinski definition) is 6. The van der Waals surface area contributed by atoms with Gasteiger partial charge in [-0.3, -0.25) is 9.36 Å². The Balaban J connectivity index is 1.69. The summed E-state index contributed by atoms with van der Waals surface area (Å²) in [6.07, 6.45) is 0. The molecule has 0 fully saturated rings. The molecule has 0 aliphatic rings. The van der Waals surface area contributed by atoms with E-state index in [1.165, 1.54) is 11.8 Å². The first-order valence-electron chi connectivity index (χ1n) is 9.11. The van der Waals surface area contributed by atoms with Crippen molar-refractivity contribution in [1.29, 1.82) is 0 Å². The number of aromatic nitrogens is 4. The molecule has 2 aromatic heterocycles. The molecule has 28 heavy (non-hydrogen) atoms. The Morgan fingerprint density at radius 3 is 2.43 bits per heavy atom. The molecule has 0 radical (unpaired) electrons. The fourth-order valence-electron chi connectivity index (χ4n) is 2.97. The Bertz CT molecular complexity index is 1170. The Morgan fingerprint density at radius 1 is 0.964 bits per heavy atom. The van der Waals surface area contributed by atoms with Crippen molar-refractivity contribution in [3.05, 3.63) is 70.8 Å². The fourth-order valence-corrected chi connectivity index (χ4v) is 4.05. The summed E-state index contributed by atoms with van der Waals surface area (Å²) in [6, 6.07) is 17.1. The fraction of sp³-hybridized carbons (Fsp3) is 0.238. The number of para-hydroxylation sites is 1. The van der Waals surface area contributed by atoms with E-state index in [1.54, 1.807) is 4.57 Å². The summed E-state index contributed by atoms with van der Waals surface area (Å²) in [7, 11) is 0. The van der Waals surface area contributed by atoms with Gasteiger partial charge in [-0.05, 0) is 45.0 Å². The summed E-state index contributed by atoms with van der Waals surface area (Å²) >= 11 is 1.46. The van der Waals surface area contributed by atoms with Crippen LogP contribution in [-0.2, 0) is 0 Å². The lowest BCUT2D eigenvalue weighted by Crippen LogP contribution is -2.25. The first-order chi connectivity index (χ1) is 13.5. The van der Waals surface area contributed by atoms with Crippen molar-refractivity contribution in [2.24, 2.45) is 0 Å². The van der Waals surface area contributed by atoms with Crippen LogP contribution in [0, 0.1) is 0 Å². The lowest BCUT2D eigenvalue weighted by atomic mass is 10.2. The van der Waals surface area contributed by atoms with Gasteiger partial charge in [-0.15, -0.1) is 0 Å². The van der Waals surface area contributed by atoms with Crippen LogP contribution in [0.2, 0.25) is 0 Å². The first kappa shape index (κ1) is 18.4. The maximum absolute atomic E-state index is 13.0. The molecule has 0 bridgehead atoms. The maximum Gasteiger partial charge on any atom is 0.262 e. The van der Waals surface area contributed by atoms with Crippen molar-refractivity contribution >= 4 is 22.7 Å². The Kier molecular flexibility index (Phi) is 5.00. The number of nitrogens with zero attached hydrogens (tertiary/aromatic N) is 4. The minimum Gasteiger partial charge on any atom is -0.334 e. The van der Waals surface area contributed by atoms with Gasteiger partial charge in [0.05, 0.1) is 16.2 Å². The second-order valence-electron chi connectivity index (χ2n) is 6.76. The molecule has 0 amide bonds. The van der Waals surface area contributed by atoms with E-state index in [9.17, 15) is 4.79 Å². The Morgan fingerprint density at radius 2 is 1.68 bits per heavy atom. The van der Waals surface area contributed by atoms with E-state index in [2.05, 4.69) is 10.1 Å². The largest absolute Gasteiger partial charge is 0.334 e.